The highest BCUT2D eigenvalue weighted by atomic mass is 16.6. The van der Waals surface area contributed by atoms with E-state index in [1.807, 2.05) is 24.3 Å². The molecule has 2 aromatic rings. The molecule has 118 valence electrons. The maximum absolute atomic E-state index is 11.5. The van der Waals surface area contributed by atoms with Crippen molar-refractivity contribution in [3.05, 3.63) is 40.6 Å². The summed E-state index contributed by atoms with van der Waals surface area (Å²) in [6.45, 7) is 10.1. The van der Waals surface area contributed by atoms with Gasteiger partial charge in [-0.3, -0.25) is 10.1 Å². The first-order valence-electron chi connectivity index (χ1n) is 7.67. The second-order valence-corrected chi connectivity index (χ2v) is 6.46. The third-order valence-corrected chi connectivity index (χ3v) is 3.41. The number of benzene rings is 1. The average Bonchev–Trinajstić information content (AvgIpc) is 2.44. The van der Waals surface area contributed by atoms with Gasteiger partial charge >= 0.3 is 5.69 Å². The Morgan fingerprint density at radius 2 is 1.73 bits per heavy atom. The molecule has 5 heteroatoms. The molecule has 1 aromatic heterocycles. The molecule has 0 fully saturated rings. The normalized spacial score (nSPS) is 11.4. The minimum Gasteiger partial charge on any atom is -0.365 e. The van der Waals surface area contributed by atoms with Gasteiger partial charge in [0.1, 0.15) is 11.9 Å². The minimum absolute atomic E-state index is 0.0833. The average molecular weight is 301 g/mol. The van der Waals surface area contributed by atoms with Gasteiger partial charge in [-0.25, -0.2) is 4.98 Å². The Kier molecular flexibility index (Phi) is 4.96. The molecule has 1 heterocycles. The summed E-state index contributed by atoms with van der Waals surface area (Å²) in [5.41, 5.74) is 1.57. The highest BCUT2D eigenvalue weighted by molar-refractivity contribution is 5.96. The van der Waals surface area contributed by atoms with Crippen molar-refractivity contribution in [3.8, 4) is 0 Å². The van der Waals surface area contributed by atoms with Crippen LogP contribution in [0.25, 0.3) is 10.9 Å². The van der Waals surface area contributed by atoms with Crippen molar-refractivity contribution in [1.82, 2.24) is 4.98 Å². The van der Waals surface area contributed by atoms with Crippen LogP contribution in [0.1, 0.15) is 27.7 Å². The number of aromatic nitrogens is 1. The highest BCUT2D eigenvalue weighted by Gasteiger charge is 2.24. The number of anilines is 1. The molecule has 0 aliphatic carbocycles. The summed E-state index contributed by atoms with van der Waals surface area (Å²) in [5.74, 6) is 0.843. The molecule has 0 spiro atoms. The smallest absolute Gasteiger partial charge is 0.311 e. The third-order valence-electron chi connectivity index (χ3n) is 3.41. The van der Waals surface area contributed by atoms with Crippen molar-refractivity contribution < 1.29 is 4.92 Å². The van der Waals surface area contributed by atoms with E-state index in [1.54, 1.807) is 0 Å². The molecule has 0 saturated carbocycles. The van der Waals surface area contributed by atoms with Crippen LogP contribution in [0.2, 0.25) is 0 Å². The standard InChI is InChI=1S/C17H23N3O2/c1-12(2)10-19(11-13(3)4)17-14-7-5-6-8-15(14)18-9-16(17)20(21)22/h5-9,12-13H,10-11H2,1-4H3. The zero-order valence-corrected chi connectivity index (χ0v) is 13.6. The van der Waals surface area contributed by atoms with Crippen LogP contribution in [-0.2, 0) is 0 Å². The van der Waals surface area contributed by atoms with Crippen LogP contribution >= 0.6 is 0 Å². The second kappa shape index (κ2) is 6.73. The van der Waals surface area contributed by atoms with Crippen molar-refractivity contribution >= 4 is 22.3 Å². The molecule has 22 heavy (non-hydrogen) atoms. The van der Waals surface area contributed by atoms with Crippen LogP contribution in [0.4, 0.5) is 11.4 Å². The minimum atomic E-state index is -0.331. The van der Waals surface area contributed by atoms with Crippen molar-refractivity contribution in [2.24, 2.45) is 11.8 Å². The van der Waals surface area contributed by atoms with E-state index in [9.17, 15) is 10.1 Å². The van der Waals surface area contributed by atoms with Gasteiger partial charge in [0.25, 0.3) is 0 Å². The van der Waals surface area contributed by atoms with Gasteiger partial charge < -0.3 is 4.90 Å². The number of nitro groups is 1. The first-order chi connectivity index (χ1) is 10.4. The summed E-state index contributed by atoms with van der Waals surface area (Å²) in [7, 11) is 0. The summed E-state index contributed by atoms with van der Waals surface area (Å²) >= 11 is 0. The van der Waals surface area contributed by atoms with E-state index < -0.39 is 0 Å². The van der Waals surface area contributed by atoms with Gasteiger partial charge in [-0.1, -0.05) is 45.9 Å². The van der Waals surface area contributed by atoms with Crippen molar-refractivity contribution in [3.63, 3.8) is 0 Å². The van der Waals surface area contributed by atoms with E-state index in [0.29, 0.717) is 17.5 Å². The lowest BCUT2D eigenvalue weighted by atomic mass is 10.1. The molecule has 0 aliphatic rings. The SMILES string of the molecule is CC(C)CN(CC(C)C)c1c([N+](=O)[O-])cnc2ccccc12. The van der Waals surface area contributed by atoms with Gasteiger partial charge in [-0.15, -0.1) is 0 Å². The quantitative estimate of drug-likeness (QED) is 0.591. The Hall–Kier alpha value is -2.17. The van der Waals surface area contributed by atoms with E-state index in [-0.39, 0.29) is 10.6 Å². The molecule has 0 N–H and O–H groups in total. The second-order valence-electron chi connectivity index (χ2n) is 6.46. The monoisotopic (exact) mass is 301 g/mol. The van der Waals surface area contributed by atoms with Crippen LogP contribution in [-0.4, -0.2) is 23.0 Å². The predicted octanol–water partition coefficient (Wildman–Crippen LogP) is 4.26. The molecule has 1 aromatic carbocycles. The maximum atomic E-state index is 11.5. The first kappa shape index (κ1) is 16.2. The summed E-state index contributed by atoms with van der Waals surface area (Å²) < 4.78 is 0. The number of para-hydroxylation sites is 1. The Morgan fingerprint density at radius 3 is 2.27 bits per heavy atom. The fraction of sp³-hybridized carbons (Fsp3) is 0.471. The predicted molar refractivity (Wildman–Crippen MR) is 90.3 cm³/mol. The number of nitrogens with zero attached hydrogens (tertiary/aromatic N) is 3. The largest absolute Gasteiger partial charge is 0.365 e. The number of hydrogen-bond donors (Lipinski definition) is 0. The van der Waals surface area contributed by atoms with Crippen LogP contribution in [0.5, 0.6) is 0 Å². The number of rotatable bonds is 6. The van der Waals surface area contributed by atoms with Crippen molar-refractivity contribution in [2.75, 3.05) is 18.0 Å². The van der Waals surface area contributed by atoms with Crippen LogP contribution in [0.15, 0.2) is 30.5 Å². The molecular weight excluding hydrogens is 278 g/mol. The van der Waals surface area contributed by atoms with Crippen molar-refractivity contribution in [2.45, 2.75) is 27.7 Å². The van der Waals surface area contributed by atoms with Gasteiger partial charge in [0.05, 0.1) is 10.4 Å². The van der Waals surface area contributed by atoms with Crippen LogP contribution < -0.4 is 4.90 Å². The number of pyridine rings is 1. The first-order valence-corrected chi connectivity index (χ1v) is 7.67. The van der Waals surface area contributed by atoms with Crippen LogP contribution in [0.3, 0.4) is 0 Å². The topological polar surface area (TPSA) is 59.3 Å². The molecule has 0 saturated heterocycles. The molecule has 2 rings (SSSR count). The fourth-order valence-corrected chi connectivity index (χ4v) is 2.72. The van der Waals surface area contributed by atoms with Crippen molar-refractivity contribution in [1.29, 1.82) is 0 Å². The Morgan fingerprint density at radius 1 is 1.14 bits per heavy atom. The molecule has 0 bridgehead atoms. The van der Waals surface area contributed by atoms with E-state index >= 15 is 0 Å². The fourth-order valence-electron chi connectivity index (χ4n) is 2.72. The zero-order chi connectivity index (χ0) is 16.3. The molecule has 0 unspecified atom stereocenters. The number of fused-ring (bicyclic) bond motifs is 1. The maximum Gasteiger partial charge on any atom is 0.311 e. The summed E-state index contributed by atoms with van der Waals surface area (Å²) in [5, 5.41) is 12.3. The summed E-state index contributed by atoms with van der Waals surface area (Å²) in [4.78, 5) is 17.5. The van der Waals surface area contributed by atoms with E-state index in [0.717, 1.165) is 24.0 Å². The molecule has 0 radical (unpaired) electrons. The summed E-state index contributed by atoms with van der Waals surface area (Å²) in [6.07, 6.45) is 1.38. The van der Waals surface area contributed by atoms with Gasteiger partial charge in [0, 0.05) is 18.5 Å². The lowest BCUT2D eigenvalue weighted by molar-refractivity contribution is -0.384. The van der Waals surface area contributed by atoms with E-state index in [2.05, 4.69) is 37.6 Å². The summed E-state index contributed by atoms with van der Waals surface area (Å²) in [6, 6.07) is 7.62. The van der Waals surface area contributed by atoms with Crippen LogP contribution in [0, 0.1) is 22.0 Å². The molecule has 0 amide bonds. The number of hydrogen-bond acceptors (Lipinski definition) is 4. The van der Waals surface area contributed by atoms with Gasteiger partial charge in [-0.05, 0) is 17.9 Å². The Bertz CT molecular complexity index is 658. The lowest BCUT2D eigenvalue weighted by Crippen LogP contribution is -2.32. The zero-order valence-electron chi connectivity index (χ0n) is 13.6. The Balaban J connectivity index is 2.66. The molecular formula is C17H23N3O2. The molecule has 5 nitrogen and oxygen atoms in total. The van der Waals surface area contributed by atoms with E-state index in [1.165, 1.54) is 6.20 Å². The Labute approximate surface area is 131 Å². The highest BCUT2D eigenvalue weighted by Crippen LogP contribution is 2.35. The van der Waals surface area contributed by atoms with E-state index in [4.69, 9.17) is 0 Å². The molecule has 0 aliphatic heterocycles. The molecule has 0 atom stereocenters. The van der Waals surface area contributed by atoms with Gasteiger partial charge in [0.2, 0.25) is 0 Å². The van der Waals surface area contributed by atoms with Gasteiger partial charge in [0.15, 0.2) is 0 Å². The lowest BCUT2D eigenvalue weighted by Gasteiger charge is -2.29. The van der Waals surface area contributed by atoms with Gasteiger partial charge in [-0.2, -0.15) is 0 Å². The third kappa shape index (κ3) is 3.53.